The molecular formula is C17H21N3O4S. The van der Waals surface area contributed by atoms with Crippen molar-refractivity contribution in [2.75, 3.05) is 26.2 Å². The summed E-state index contributed by atoms with van der Waals surface area (Å²) in [5, 5.41) is 4.75. The minimum Gasteiger partial charge on any atom is -0.369 e. The summed E-state index contributed by atoms with van der Waals surface area (Å²) in [6.07, 6.45) is 1.74. The molecule has 2 atom stereocenters. The highest BCUT2D eigenvalue weighted by Crippen LogP contribution is 2.42. The Kier molecular flexibility index (Phi) is 4.04. The minimum atomic E-state index is -0.845. The van der Waals surface area contributed by atoms with Crippen LogP contribution in [0.25, 0.3) is 0 Å². The zero-order valence-corrected chi connectivity index (χ0v) is 14.9. The van der Waals surface area contributed by atoms with Crippen LogP contribution in [0, 0.1) is 5.92 Å². The van der Waals surface area contributed by atoms with Crippen LogP contribution in [0.5, 0.6) is 0 Å². The van der Waals surface area contributed by atoms with E-state index in [4.69, 9.17) is 4.74 Å². The molecule has 1 aliphatic carbocycles. The van der Waals surface area contributed by atoms with Crippen LogP contribution < -0.4 is 5.32 Å². The summed E-state index contributed by atoms with van der Waals surface area (Å²) in [6.45, 7) is 2.93. The molecule has 3 fully saturated rings. The van der Waals surface area contributed by atoms with Crippen LogP contribution in [0.2, 0.25) is 0 Å². The van der Waals surface area contributed by atoms with Crippen LogP contribution >= 0.6 is 11.3 Å². The van der Waals surface area contributed by atoms with Gasteiger partial charge < -0.3 is 15.0 Å². The summed E-state index contributed by atoms with van der Waals surface area (Å²) in [4.78, 5) is 41.3. The van der Waals surface area contributed by atoms with Gasteiger partial charge in [0.15, 0.2) is 0 Å². The second kappa shape index (κ2) is 6.10. The lowest BCUT2D eigenvalue weighted by atomic mass is 9.96. The average Bonchev–Trinajstić information content (AvgIpc) is 3.28. The first kappa shape index (κ1) is 16.5. The van der Waals surface area contributed by atoms with E-state index in [1.807, 2.05) is 17.5 Å². The molecule has 0 aromatic carbocycles. The van der Waals surface area contributed by atoms with Crippen LogP contribution in [0.3, 0.4) is 0 Å². The minimum absolute atomic E-state index is 0.141. The number of thiophene rings is 1. The third-order valence-electron chi connectivity index (χ3n) is 5.27. The molecular weight excluding hydrogens is 342 g/mol. The Hall–Kier alpha value is -1.93. The van der Waals surface area contributed by atoms with E-state index in [0.717, 1.165) is 22.6 Å². The molecule has 2 saturated heterocycles. The summed E-state index contributed by atoms with van der Waals surface area (Å²) in [5.74, 6) is -0.305. The molecule has 25 heavy (non-hydrogen) atoms. The standard InChI is InChI=1S/C17H21N3O4S/c1-17(11-4-5-11)15(22)20(16(23)18-17)10-14(21)19-6-7-24-12(9-19)13-3-2-8-25-13/h2-3,8,11-12H,4-7,9-10H2,1H3,(H,18,23). The molecule has 3 heterocycles. The number of urea groups is 1. The second-order valence-electron chi connectivity index (χ2n) is 7.01. The Bertz CT molecular complexity index is 703. The number of rotatable bonds is 4. The third-order valence-corrected chi connectivity index (χ3v) is 6.23. The van der Waals surface area contributed by atoms with Crippen molar-refractivity contribution in [2.24, 2.45) is 5.92 Å². The molecule has 0 radical (unpaired) electrons. The number of amides is 4. The lowest BCUT2D eigenvalue weighted by Gasteiger charge is -2.33. The third kappa shape index (κ3) is 2.93. The number of nitrogens with zero attached hydrogens (tertiary/aromatic N) is 2. The first-order valence-electron chi connectivity index (χ1n) is 8.56. The Morgan fingerprint density at radius 1 is 1.44 bits per heavy atom. The summed E-state index contributed by atoms with van der Waals surface area (Å²) in [5.41, 5.74) is -0.845. The number of nitrogens with one attached hydrogen (secondary N) is 1. The Morgan fingerprint density at radius 2 is 2.24 bits per heavy atom. The van der Waals surface area contributed by atoms with Crippen molar-refractivity contribution in [3.05, 3.63) is 22.4 Å². The van der Waals surface area contributed by atoms with Gasteiger partial charge >= 0.3 is 6.03 Å². The average molecular weight is 363 g/mol. The molecule has 1 aromatic heterocycles. The highest BCUT2D eigenvalue weighted by molar-refractivity contribution is 7.10. The fourth-order valence-electron chi connectivity index (χ4n) is 3.55. The van der Waals surface area contributed by atoms with Gasteiger partial charge in [-0.1, -0.05) is 6.07 Å². The van der Waals surface area contributed by atoms with E-state index in [0.29, 0.717) is 19.7 Å². The summed E-state index contributed by atoms with van der Waals surface area (Å²) in [6, 6.07) is 3.48. The lowest BCUT2D eigenvalue weighted by molar-refractivity contribution is -0.143. The summed E-state index contributed by atoms with van der Waals surface area (Å²) >= 11 is 1.60. The van der Waals surface area contributed by atoms with E-state index in [1.165, 1.54) is 0 Å². The molecule has 1 aromatic rings. The molecule has 0 bridgehead atoms. The van der Waals surface area contributed by atoms with E-state index >= 15 is 0 Å². The molecule has 134 valence electrons. The van der Waals surface area contributed by atoms with Gasteiger partial charge in [0, 0.05) is 11.4 Å². The van der Waals surface area contributed by atoms with Crippen molar-refractivity contribution < 1.29 is 19.1 Å². The smallest absolute Gasteiger partial charge is 0.325 e. The molecule has 1 N–H and O–H groups in total. The molecule has 4 amide bonds. The maximum Gasteiger partial charge on any atom is 0.325 e. The van der Waals surface area contributed by atoms with Crippen LogP contribution in [0.4, 0.5) is 4.79 Å². The summed E-state index contributed by atoms with van der Waals surface area (Å²) in [7, 11) is 0. The predicted octanol–water partition coefficient (Wildman–Crippen LogP) is 1.37. The number of imide groups is 1. The molecule has 2 aliphatic heterocycles. The highest BCUT2D eigenvalue weighted by atomic mass is 32.1. The van der Waals surface area contributed by atoms with Gasteiger partial charge in [0.25, 0.3) is 5.91 Å². The normalized spacial score (nSPS) is 29.9. The van der Waals surface area contributed by atoms with Crippen LogP contribution in [0.15, 0.2) is 17.5 Å². The number of ether oxygens (including phenoxy) is 1. The van der Waals surface area contributed by atoms with E-state index < -0.39 is 11.6 Å². The van der Waals surface area contributed by atoms with Gasteiger partial charge in [-0.15, -0.1) is 11.3 Å². The van der Waals surface area contributed by atoms with Gasteiger partial charge in [-0.25, -0.2) is 4.79 Å². The van der Waals surface area contributed by atoms with Gasteiger partial charge in [0.1, 0.15) is 18.2 Å². The van der Waals surface area contributed by atoms with Crippen LogP contribution in [0.1, 0.15) is 30.7 Å². The topological polar surface area (TPSA) is 79.0 Å². The molecule has 2 unspecified atom stereocenters. The van der Waals surface area contributed by atoms with Gasteiger partial charge in [-0.2, -0.15) is 0 Å². The van der Waals surface area contributed by atoms with Crippen molar-refractivity contribution in [1.29, 1.82) is 0 Å². The number of carbonyl (C=O) groups excluding carboxylic acids is 3. The van der Waals surface area contributed by atoms with Crippen molar-refractivity contribution >= 4 is 29.2 Å². The number of hydrogen-bond donors (Lipinski definition) is 1. The largest absolute Gasteiger partial charge is 0.369 e. The zero-order valence-electron chi connectivity index (χ0n) is 14.1. The Labute approximate surface area is 149 Å². The molecule has 3 aliphatic rings. The maximum atomic E-state index is 12.7. The first-order valence-corrected chi connectivity index (χ1v) is 9.44. The number of hydrogen-bond acceptors (Lipinski definition) is 5. The monoisotopic (exact) mass is 363 g/mol. The van der Waals surface area contributed by atoms with Crippen LogP contribution in [-0.4, -0.2) is 59.4 Å². The molecule has 4 rings (SSSR count). The van der Waals surface area contributed by atoms with Gasteiger partial charge in [0.05, 0.1) is 13.2 Å². The fourth-order valence-corrected chi connectivity index (χ4v) is 4.32. The van der Waals surface area contributed by atoms with Gasteiger partial charge in [0.2, 0.25) is 5.91 Å². The predicted molar refractivity (Wildman–Crippen MR) is 91.0 cm³/mol. The molecule has 8 heteroatoms. The fraction of sp³-hybridized carbons (Fsp3) is 0.588. The quantitative estimate of drug-likeness (QED) is 0.820. The summed E-state index contributed by atoms with van der Waals surface area (Å²) < 4.78 is 5.74. The zero-order chi connectivity index (χ0) is 17.6. The maximum absolute atomic E-state index is 12.7. The first-order chi connectivity index (χ1) is 12.0. The van der Waals surface area contributed by atoms with E-state index in [9.17, 15) is 14.4 Å². The van der Waals surface area contributed by atoms with Gasteiger partial charge in [-0.3, -0.25) is 14.5 Å². The van der Waals surface area contributed by atoms with E-state index in [2.05, 4.69) is 5.32 Å². The highest BCUT2D eigenvalue weighted by Gasteiger charge is 2.56. The van der Waals surface area contributed by atoms with Crippen molar-refractivity contribution in [2.45, 2.75) is 31.4 Å². The molecule has 1 saturated carbocycles. The van der Waals surface area contributed by atoms with Crippen molar-refractivity contribution in [1.82, 2.24) is 15.1 Å². The van der Waals surface area contributed by atoms with Crippen molar-refractivity contribution in [3.63, 3.8) is 0 Å². The SMILES string of the molecule is CC1(C2CC2)NC(=O)N(CC(=O)N2CCOC(c3cccs3)C2)C1=O. The van der Waals surface area contributed by atoms with E-state index in [1.54, 1.807) is 23.2 Å². The molecule has 0 spiro atoms. The van der Waals surface area contributed by atoms with Crippen LogP contribution in [-0.2, 0) is 14.3 Å². The van der Waals surface area contributed by atoms with Crippen molar-refractivity contribution in [3.8, 4) is 0 Å². The molecule has 7 nitrogen and oxygen atoms in total. The van der Waals surface area contributed by atoms with E-state index in [-0.39, 0.29) is 30.4 Å². The Balaban J connectivity index is 1.41. The number of carbonyl (C=O) groups is 3. The second-order valence-corrected chi connectivity index (χ2v) is 7.99. The number of morpholine rings is 1. The van der Waals surface area contributed by atoms with Gasteiger partial charge in [-0.05, 0) is 37.1 Å². The Morgan fingerprint density at radius 3 is 2.92 bits per heavy atom. The lowest BCUT2D eigenvalue weighted by Crippen LogP contribution is -2.49.